The van der Waals surface area contributed by atoms with E-state index in [0.29, 0.717) is 24.9 Å². The number of amides is 1. The number of carbonyl (C=O) groups is 1. The maximum absolute atomic E-state index is 13.7. The van der Waals surface area contributed by atoms with Gasteiger partial charge in [-0.15, -0.1) is 12.4 Å². The van der Waals surface area contributed by atoms with Gasteiger partial charge in [0.1, 0.15) is 5.82 Å². The molecule has 1 amide bonds. The zero-order valence-electron chi connectivity index (χ0n) is 12.5. The van der Waals surface area contributed by atoms with Crippen LogP contribution in [0.2, 0.25) is 0 Å². The van der Waals surface area contributed by atoms with Crippen molar-refractivity contribution in [3.05, 3.63) is 34.1 Å². The summed E-state index contributed by atoms with van der Waals surface area (Å²) in [5, 5.41) is 2.90. The summed E-state index contributed by atoms with van der Waals surface area (Å²) in [6.45, 7) is 0.535. The van der Waals surface area contributed by atoms with Crippen molar-refractivity contribution in [3.63, 3.8) is 0 Å². The van der Waals surface area contributed by atoms with Gasteiger partial charge in [-0.1, -0.05) is 41.3 Å². The molecular formula is C16H23BrClFN2O. The van der Waals surface area contributed by atoms with E-state index >= 15 is 0 Å². The molecule has 6 heteroatoms. The van der Waals surface area contributed by atoms with E-state index in [4.69, 9.17) is 5.73 Å². The molecule has 0 aliphatic heterocycles. The van der Waals surface area contributed by atoms with Gasteiger partial charge in [0.05, 0.1) is 5.54 Å². The Kier molecular flexibility index (Phi) is 7.80. The van der Waals surface area contributed by atoms with Crippen molar-refractivity contribution >= 4 is 34.2 Å². The normalized spacial score (nSPS) is 16.7. The largest absolute Gasteiger partial charge is 0.354 e. The fraction of sp³-hybridized carbons (Fsp3) is 0.562. The second-order valence-electron chi connectivity index (χ2n) is 5.81. The van der Waals surface area contributed by atoms with Crippen molar-refractivity contribution < 1.29 is 9.18 Å². The number of rotatable bonds is 5. The number of nitrogens with two attached hydrogens (primary N) is 1. The van der Waals surface area contributed by atoms with Crippen LogP contribution in [0.25, 0.3) is 0 Å². The minimum Gasteiger partial charge on any atom is -0.354 e. The maximum Gasteiger partial charge on any atom is 0.240 e. The minimum absolute atomic E-state index is 0. The fourth-order valence-corrected chi connectivity index (χ4v) is 3.12. The lowest BCUT2D eigenvalue weighted by Crippen LogP contribution is -2.55. The van der Waals surface area contributed by atoms with Crippen molar-refractivity contribution in [2.24, 2.45) is 5.73 Å². The Labute approximate surface area is 145 Å². The van der Waals surface area contributed by atoms with Crippen LogP contribution < -0.4 is 11.1 Å². The van der Waals surface area contributed by atoms with E-state index in [0.717, 1.165) is 36.6 Å². The van der Waals surface area contributed by atoms with Crippen LogP contribution in [-0.2, 0) is 11.2 Å². The van der Waals surface area contributed by atoms with Gasteiger partial charge in [-0.3, -0.25) is 4.79 Å². The molecule has 1 fully saturated rings. The minimum atomic E-state index is -0.693. The number of hydrogen-bond donors (Lipinski definition) is 2. The standard InChI is InChI=1S/C16H22BrFN2O.ClH/c17-13-7-6-12(14(18)11-13)5-4-10-20-15(21)16(19)8-2-1-3-9-16;/h6-7,11H,1-5,8-10,19H2,(H,20,21);1H. The third kappa shape index (κ3) is 5.21. The number of carbonyl (C=O) groups excluding carboxylic acids is 1. The molecular weight excluding hydrogens is 371 g/mol. The summed E-state index contributed by atoms with van der Waals surface area (Å²) >= 11 is 3.24. The number of nitrogens with one attached hydrogen (secondary N) is 1. The Morgan fingerprint density at radius 2 is 2.00 bits per heavy atom. The third-order valence-electron chi connectivity index (χ3n) is 4.12. The first-order chi connectivity index (χ1) is 10.0. The molecule has 0 atom stereocenters. The topological polar surface area (TPSA) is 55.1 Å². The van der Waals surface area contributed by atoms with Gasteiger partial charge in [0, 0.05) is 11.0 Å². The van der Waals surface area contributed by atoms with Gasteiger partial charge in [-0.25, -0.2) is 4.39 Å². The Bertz CT molecular complexity index is 507. The zero-order valence-corrected chi connectivity index (χ0v) is 14.9. The Balaban J connectivity index is 0.00000242. The van der Waals surface area contributed by atoms with E-state index in [-0.39, 0.29) is 24.1 Å². The Morgan fingerprint density at radius 1 is 1.32 bits per heavy atom. The maximum atomic E-state index is 13.7. The van der Waals surface area contributed by atoms with Crippen molar-refractivity contribution in [2.45, 2.75) is 50.5 Å². The molecule has 0 radical (unpaired) electrons. The van der Waals surface area contributed by atoms with Crippen LogP contribution in [0, 0.1) is 5.82 Å². The first-order valence-electron chi connectivity index (χ1n) is 7.52. The lowest BCUT2D eigenvalue weighted by Gasteiger charge is -2.31. The summed E-state index contributed by atoms with van der Waals surface area (Å²) in [6.07, 6.45) is 6.05. The van der Waals surface area contributed by atoms with Crippen molar-refractivity contribution in [1.82, 2.24) is 5.32 Å². The van der Waals surface area contributed by atoms with E-state index in [1.165, 1.54) is 6.07 Å². The summed E-state index contributed by atoms with van der Waals surface area (Å²) in [7, 11) is 0. The molecule has 1 saturated carbocycles. The van der Waals surface area contributed by atoms with E-state index in [1.807, 2.05) is 6.07 Å². The van der Waals surface area contributed by atoms with E-state index in [9.17, 15) is 9.18 Å². The van der Waals surface area contributed by atoms with Gasteiger partial charge in [0.2, 0.25) is 5.91 Å². The van der Waals surface area contributed by atoms with Crippen molar-refractivity contribution in [2.75, 3.05) is 6.54 Å². The van der Waals surface area contributed by atoms with Gasteiger partial charge < -0.3 is 11.1 Å². The molecule has 2 rings (SSSR count). The highest BCUT2D eigenvalue weighted by Crippen LogP contribution is 2.25. The molecule has 22 heavy (non-hydrogen) atoms. The predicted molar refractivity (Wildman–Crippen MR) is 92.7 cm³/mol. The van der Waals surface area contributed by atoms with Crippen LogP contribution >= 0.6 is 28.3 Å². The second-order valence-corrected chi connectivity index (χ2v) is 6.73. The lowest BCUT2D eigenvalue weighted by atomic mass is 9.82. The quantitative estimate of drug-likeness (QED) is 0.749. The van der Waals surface area contributed by atoms with Gasteiger partial charge in [0.25, 0.3) is 0 Å². The molecule has 3 N–H and O–H groups in total. The van der Waals surface area contributed by atoms with Crippen molar-refractivity contribution in [1.29, 1.82) is 0 Å². The summed E-state index contributed by atoms with van der Waals surface area (Å²) in [6, 6.07) is 5.06. The molecule has 1 aliphatic carbocycles. The van der Waals surface area contributed by atoms with Gasteiger partial charge >= 0.3 is 0 Å². The fourth-order valence-electron chi connectivity index (χ4n) is 2.79. The van der Waals surface area contributed by atoms with Crippen LogP contribution in [0.15, 0.2) is 22.7 Å². The number of hydrogen-bond acceptors (Lipinski definition) is 2. The average molecular weight is 394 g/mol. The van der Waals surface area contributed by atoms with Crippen LogP contribution in [0.1, 0.15) is 44.1 Å². The number of halogens is 3. The van der Waals surface area contributed by atoms with Crippen molar-refractivity contribution in [3.8, 4) is 0 Å². The van der Waals surface area contributed by atoms with Crippen LogP contribution in [0.5, 0.6) is 0 Å². The molecule has 3 nitrogen and oxygen atoms in total. The summed E-state index contributed by atoms with van der Waals surface area (Å²) in [4.78, 5) is 12.1. The number of benzene rings is 1. The molecule has 124 valence electrons. The van der Waals surface area contributed by atoms with Gasteiger partial charge in [-0.05, 0) is 43.4 Å². The molecule has 0 saturated heterocycles. The Hall–Kier alpha value is -0.650. The molecule has 0 aromatic heterocycles. The molecule has 1 aromatic rings. The molecule has 1 aromatic carbocycles. The van der Waals surface area contributed by atoms with Crippen LogP contribution in [-0.4, -0.2) is 18.0 Å². The molecule has 0 bridgehead atoms. The van der Waals surface area contributed by atoms with E-state index < -0.39 is 5.54 Å². The Morgan fingerprint density at radius 3 is 2.64 bits per heavy atom. The van der Waals surface area contributed by atoms with E-state index in [2.05, 4.69) is 21.2 Å². The highest BCUT2D eigenvalue weighted by atomic mass is 79.9. The zero-order chi connectivity index (χ0) is 15.3. The summed E-state index contributed by atoms with van der Waals surface area (Å²) < 4.78 is 14.4. The summed E-state index contributed by atoms with van der Waals surface area (Å²) in [5.41, 5.74) is 6.14. The molecule has 1 aliphatic rings. The second kappa shape index (κ2) is 8.85. The SMILES string of the molecule is Cl.NC1(C(=O)NCCCc2ccc(Br)cc2F)CCCCC1. The average Bonchev–Trinajstić information content (AvgIpc) is 2.46. The monoisotopic (exact) mass is 392 g/mol. The molecule has 0 heterocycles. The van der Waals surface area contributed by atoms with Gasteiger partial charge in [0.15, 0.2) is 0 Å². The molecule has 0 unspecified atom stereocenters. The van der Waals surface area contributed by atoms with Crippen LogP contribution in [0.4, 0.5) is 4.39 Å². The summed E-state index contributed by atoms with van der Waals surface area (Å²) in [5.74, 6) is -0.267. The first-order valence-corrected chi connectivity index (χ1v) is 8.32. The highest BCUT2D eigenvalue weighted by Gasteiger charge is 2.34. The first kappa shape index (κ1) is 19.4. The predicted octanol–water partition coefficient (Wildman–Crippen LogP) is 3.72. The van der Waals surface area contributed by atoms with E-state index in [1.54, 1.807) is 6.07 Å². The number of aryl methyl sites for hydroxylation is 1. The van der Waals surface area contributed by atoms with Gasteiger partial charge in [-0.2, -0.15) is 0 Å². The highest BCUT2D eigenvalue weighted by molar-refractivity contribution is 9.10. The lowest BCUT2D eigenvalue weighted by molar-refractivity contribution is -0.127. The third-order valence-corrected chi connectivity index (χ3v) is 4.61. The van der Waals surface area contributed by atoms with Crippen LogP contribution in [0.3, 0.4) is 0 Å². The smallest absolute Gasteiger partial charge is 0.240 e. The molecule has 0 spiro atoms.